The van der Waals surface area contributed by atoms with Gasteiger partial charge in [0.1, 0.15) is 18.7 Å². The highest BCUT2D eigenvalue weighted by Crippen LogP contribution is 2.14. The van der Waals surface area contributed by atoms with Gasteiger partial charge in [-0.25, -0.2) is 4.79 Å². The molecule has 1 aromatic rings. The van der Waals surface area contributed by atoms with Gasteiger partial charge < -0.3 is 24.6 Å². The Morgan fingerprint density at radius 2 is 2.04 bits per heavy atom. The molecule has 0 radical (unpaired) electrons. The van der Waals surface area contributed by atoms with Gasteiger partial charge in [0.25, 0.3) is 5.91 Å². The van der Waals surface area contributed by atoms with Gasteiger partial charge in [0.2, 0.25) is 11.8 Å². The molecule has 0 saturated carbocycles. The van der Waals surface area contributed by atoms with Gasteiger partial charge in [-0.05, 0) is 19.1 Å². The number of hydrogen-bond acceptors (Lipinski definition) is 7. The summed E-state index contributed by atoms with van der Waals surface area (Å²) in [5.74, 6) is -1.82. The largest absolute Gasteiger partial charge is 0.467 e. The first-order valence-corrected chi connectivity index (χ1v) is 8.75. The van der Waals surface area contributed by atoms with Crippen LogP contribution in [0.5, 0.6) is 0 Å². The fraction of sp³-hybridized carbons (Fsp3) is 0.500. The number of esters is 1. The Morgan fingerprint density at radius 3 is 2.64 bits per heavy atom. The molecule has 28 heavy (non-hydrogen) atoms. The molecule has 1 aliphatic heterocycles. The number of aromatic nitrogens is 1. The lowest BCUT2D eigenvalue weighted by Crippen LogP contribution is -2.63. The molecule has 3 amide bonds. The highest BCUT2D eigenvalue weighted by Gasteiger charge is 2.38. The van der Waals surface area contributed by atoms with Crippen molar-refractivity contribution in [1.82, 2.24) is 20.1 Å². The summed E-state index contributed by atoms with van der Waals surface area (Å²) < 4.78 is 9.48. The molecule has 152 valence electrons. The predicted molar refractivity (Wildman–Crippen MR) is 97.1 cm³/mol. The summed E-state index contributed by atoms with van der Waals surface area (Å²) in [6.07, 6.45) is 3.00. The van der Waals surface area contributed by atoms with E-state index in [1.807, 2.05) is 0 Å². The van der Waals surface area contributed by atoms with Crippen molar-refractivity contribution in [3.8, 4) is 0 Å². The minimum Gasteiger partial charge on any atom is -0.467 e. The Labute approximate surface area is 162 Å². The van der Waals surface area contributed by atoms with Crippen molar-refractivity contribution in [2.24, 2.45) is 0 Å². The molecule has 0 aliphatic carbocycles. The molecule has 10 heteroatoms. The number of methoxy groups -OCH3 is 2. The molecular formula is C18H24N4O6. The molecule has 1 aliphatic rings. The molecule has 2 rings (SSSR count). The van der Waals surface area contributed by atoms with E-state index in [0.29, 0.717) is 5.56 Å². The second kappa shape index (κ2) is 9.79. The standard InChI is InChI=1S/C18H24N4O6/c1-12(18(26)28-3)20-16(24)14-10-21(7-8-22(14)15(23)11-27-2)17(25)13-5-4-6-19-9-13/h4-6,9,12,14H,7-8,10-11H2,1-3H3,(H,20,24). The second-order valence-corrected chi connectivity index (χ2v) is 6.28. The van der Waals surface area contributed by atoms with Crippen molar-refractivity contribution in [3.63, 3.8) is 0 Å². The van der Waals surface area contributed by atoms with Crippen LogP contribution in [0.4, 0.5) is 0 Å². The lowest BCUT2D eigenvalue weighted by Gasteiger charge is -2.40. The Bertz CT molecular complexity index is 726. The van der Waals surface area contributed by atoms with Crippen LogP contribution in [0, 0.1) is 0 Å². The van der Waals surface area contributed by atoms with Crippen LogP contribution in [0.1, 0.15) is 17.3 Å². The maximum Gasteiger partial charge on any atom is 0.328 e. The average Bonchev–Trinajstić information content (AvgIpc) is 2.72. The summed E-state index contributed by atoms with van der Waals surface area (Å²) in [5.41, 5.74) is 0.390. The first kappa shape index (κ1) is 21.3. The van der Waals surface area contributed by atoms with Crippen LogP contribution in [0.3, 0.4) is 0 Å². The minimum absolute atomic E-state index is 0.0110. The second-order valence-electron chi connectivity index (χ2n) is 6.28. The van der Waals surface area contributed by atoms with Crippen LogP contribution < -0.4 is 5.32 Å². The Morgan fingerprint density at radius 1 is 1.29 bits per heavy atom. The summed E-state index contributed by atoms with van der Waals surface area (Å²) in [6.45, 7) is 1.71. The zero-order valence-corrected chi connectivity index (χ0v) is 16.1. The zero-order chi connectivity index (χ0) is 20.7. The van der Waals surface area contributed by atoms with Gasteiger partial charge in [-0.2, -0.15) is 0 Å². The fourth-order valence-corrected chi connectivity index (χ4v) is 2.91. The van der Waals surface area contributed by atoms with Crippen LogP contribution in [0.15, 0.2) is 24.5 Å². The smallest absolute Gasteiger partial charge is 0.328 e. The maximum absolute atomic E-state index is 12.7. The van der Waals surface area contributed by atoms with E-state index >= 15 is 0 Å². The summed E-state index contributed by atoms with van der Waals surface area (Å²) >= 11 is 0. The van der Waals surface area contributed by atoms with Gasteiger partial charge in [0, 0.05) is 32.6 Å². The number of pyridine rings is 1. The van der Waals surface area contributed by atoms with Crippen molar-refractivity contribution in [3.05, 3.63) is 30.1 Å². The first-order chi connectivity index (χ1) is 13.4. The SMILES string of the molecule is COCC(=O)N1CCN(C(=O)c2cccnc2)CC1C(=O)NC(C)C(=O)OC. The van der Waals surface area contributed by atoms with E-state index in [1.54, 1.807) is 18.3 Å². The Hall–Kier alpha value is -3.01. The minimum atomic E-state index is -0.955. The van der Waals surface area contributed by atoms with Crippen LogP contribution >= 0.6 is 0 Å². The van der Waals surface area contributed by atoms with Crippen LogP contribution in [-0.4, -0.2) is 91.0 Å². The van der Waals surface area contributed by atoms with E-state index in [-0.39, 0.29) is 38.1 Å². The Balaban J connectivity index is 2.18. The number of nitrogens with one attached hydrogen (secondary N) is 1. The summed E-state index contributed by atoms with van der Waals surface area (Å²) in [7, 11) is 2.60. The Kier molecular flexibility index (Phi) is 7.44. The normalized spacial score (nSPS) is 17.6. The lowest BCUT2D eigenvalue weighted by atomic mass is 10.1. The van der Waals surface area contributed by atoms with E-state index in [1.165, 1.54) is 37.1 Å². The lowest BCUT2D eigenvalue weighted by molar-refractivity contribution is -0.149. The van der Waals surface area contributed by atoms with Crippen molar-refractivity contribution < 1.29 is 28.7 Å². The molecule has 10 nitrogen and oxygen atoms in total. The molecule has 2 unspecified atom stereocenters. The van der Waals surface area contributed by atoms with Crippen molar-refractivity contribution in [2.75, 3.05) is 40.5 Å². The van der Waals surface area contributed by atoms with E-state index in [9.17, 15) is 19.2 Å². The molecule has 0 bridgehead atoms. The summed E-state index contributed by atoms with van der Waals surface area (Å²) in [4.78, 5) is 56.2. The van der Waals surface area contributed by atoms with Gasteiger partial charge in [-0.3, -0.25) is 19.4 Å². The number of nitrogens with zero attached hydrogens (tertiary/aromatic N) is 3. The highest BCUT2D eigenvalue weighted by atomic mass is 16.5. The van der Waals surface area contributed by atoms with Gasteiger partial charge >= 0.3 is 5.97 Å². The summed E-state index contributed by atoms with van der Waals surface area (Å²) in [5, 5.41) is 2.53. The predicted octanol–water partition coefficient (Wildman–Crippen LogP) is -0.941. The molecule has 0 aromatic carbocycles. The third-order valence-electron chi connectivity index (χ3n) is 4.38. The number of piperazine rings is 1. The van der Waals surface area contributed by atoms with Crippen LogP contribution in [0.25, 0.3) is 0 Å². The summed E-state index contributed by atoms with van der Waals surface area (Å²) in [6, 6.07) is 1.44. The van der Waals surface area contributed by atoms with Crippen molar-refractivity contribution in [2.45, 2.75) is 19.0 Å². The average molecular weight is 392 g/mol. The molecule has 1 saturated heterocycles. The number of amides is 3. The molecule has 2 heterocycles. The van der Waals surface area contributed by atoms with E-state index < -0.39 is 24.0 Å². The molecule has 1 fully saturated rings. The molecular weight excluding hydrogens is 368 g/mol. The third kappa shape index (κ3) is 5.03. The fourth-order valence-electron chi connectivity index (χ4n) is 2.91. The number of ether oxygens (including phenoxy) is 2. The van der Waals surface area contributed by atoms with Crippen molar-refractivity contribution in [1.29, 1.82) is 0 Å². The highest BCUT2D eigenvalue weighted by molar-refractivity contribution is 5.96. The van der Waals surface area contributed by atoms with Gasteiger partial charge in [0.15, 0.2) is 0 Å². The van der Waals surface area contributed by atoms with Crippen LogP contribution in [-0.2, 0) is 23.9 Å². The number of carbonyl (C=O) groups is 4. The van der Waals surface area contributed by atoms with Gasteiger partial charge in [-0.15, -0.1) is 0 Å². The first-order valence-electron chi connectivity index (χ1n) is 8.75. The monoisotopic (exact) mass is 392 g/mol. The maximum atomic E-state index is 12.7. The van der Waals surface area contributed by atoms with E-state index in [4.69, 9.17) is 4.74 Å². The molecule has 1 aromatic heterocycles. The number of carbonyl (C=O) groups excluding carboxylic acids is 4. The van der Waals surface area contributed by atoms with Crippen molar-refractivity contribution >= 4 is 23.7 Å². The van der Waals surface area contributed by atoms with Crippen LogP contribution in [0.2, 0.25) is 0 Å². The molecule has 1 N–H and O–H groups in total. The quantitative estimate of drug-likeness (QED) is 0.621. The van der Waals surface area contributed by atoms with E-state index in [2.05, 4.69) is 15.0 Å². The zero-order valence-electron chi connectivity index (χ0n) is 16.1. The third-order valence-corrected chi connectivity index (χ3v) is 4.38. The van der Waals surface area contributed by atoms with E-state index in [0.717, 1.165) is 0 Å². The molecule has 0 spiro atoms. The molecule has 2 atom stereocenters. The number of rotatable bonds is 6. The number of hydrogen-bond donors (Lipinski definition) is 1. The topological polar surface area (TPSA) is 118 Å². The van der Waals surface area contributed by atoms with Gasteiger partial charge in [0.05, 0.1) is 19.2 Å². The van der Waals surface area contributed by atoms with Gasteiger partial charge in [-0.1, -0.05) is 0 Å².